The third kappa shape index (κ3) is 4.24. The highest BCUT2D eigenvalue weighted by molar-refractivity contribution is 7.10. The molecule has 1 amide bonds. The first-order valence-electron chi connectivity index (χ1n) is 7.62. The van der Waals surface area contributed by atoms with E-state index in [9.17, 15) is 4.79 Å². The Morgan fingerprint density at radius 3 is 2.79 bits per heavy atom. The van der Waals surface area contributed by atoms with Crippen molar-refractivity contribution < 1.29 is 9.21 Å². The number of hydrogen-bond donors (Lipinski definition) is 1. The molecule has 124 valence electrons. The van der Waals surface area contributed by atoms with Crippen molar-refractivity contribution in [2.75, 3.05) is 0 Å². The molecule has 0 spiro atoms. The van der Waals surface area contributed by atoms with Gasteiger partial charge in [-0.1, -0.05) is 11.6 Å². The summed E-state index contributed by atoms with van der Waals surface area (Å²) in [6.45, 7) is 2.62. The van der Waals surface area contributed by atoms with Crippen LogP contribution < -0.4 is 5.32 Å². The van der Waals surface area contributed by atoms with Crippen LogP contribution in [-0.2, 0) is 17.8 Å². The van der Waals surface area contributed by atoms with Gasteiger partial charge in [0, 0.05) is 28.3 Å². The summed E-state index contributed by atoms with van der Waals surface area (Å²) in [5.74, 6) is 1.23. The van der Waals surface area contributed by atoms with Gasteiger partial charge in [-0.3, -0.25) is 4.79 Å². The van der Waals surface area contributed by atoms with Gasteiger partial charge in [0.2, 0.25) is 5.91 Å². The summed E-state index contributed by atoms with van der Waals surface area (Å²) in [6.07, 6.45) is 2.50. The molecule has 0 aliphatic heterocycles. The standard InChI is InChI=1S/C18H17ClN2O2S/c1-12-8-9-24-16(12)11-20-17(22)6-7-18-21-10-15(23-18)13-2-4-14(19)5-3-13/h2-5,8-10H,6-7,11H2,1H3,(H,20,22). The average molecular weight is 361 g/mol. The monoisotopic (exact) mass is 360 g/mol. The third-order valence-electron chi connectivity index (χ3n) is 3.66. The summed E-state index contributed by atoms with van der Waals surface area (Å²) >= 11 is 7.53. The highest BCUT2D eigenvalue weighted by Crippen LogP contribution is 2.22. The number of thiophene rings is 1. The first-order valence-corrected chi connectivity index (χ1v) is 8.88. The van der Waals surface area contributed by atoms with Crippen molar-refractivity contribution in [3.8, 4) is 11.3 Å². The van der Waals surface area contributed by atoms with E-state index < -0.39 is 0 Å². The Balaban J connectivity index is 1.51. The van der Waals surface area contributed by atoms with E-state index in [1.807, 2.05) is 24.4 Å². The van der Waals surface area contributed by atoms with E-state index in [1.54, 1.807) is 29.7 Å². The maximum atomic E-state index is 11.9. The van der Waals surface area contributed by atoms with Crippen molar-refractivity contribution in [1.82, 2.24) is 10.3 Å². The van der Waals surface area contributed by atoms with E-state index in [1.165, 1.54) is 10.4 Å². The molecule has 2 aromatic heterocycles. The van der Waals surface area contributed by atoms with E-state index >= 15 is 0 Å². The first kappa shape index (κ1) is 16.7. The summed E-state index contributed by atoms with van der Waals surface area (Å²) in [7, 11) is 0. The van der Waals surface area contributed by atoms with Crippen molar-refractivity contribution >= 4 is 28.8 Å². The fourth-order valence-electron chi connectivity index (χ4n) is 2.25. The second-order valence-electron chi connectivity index (χ2n) is 5.43. The lowest BCUT2D eigenvalue weighted by Gasteiger charge is -2.03. The van der Waals surface area contributed by atoms with Crippen molar-refractivity contribution in [3.05, 3.63) is 63.3 Å². The molecule has 3 aromatic rings. The fraction of sp³-hybridized carbons (Fsp3) is 0.222. The Hall–Kier alpha value is -2.11. The number of aromatic nitrogens is 1. The molecule has 0 unspecified atom stereocenters. The van der Waals surface area contributed by atoms with Crippen molar-refractivity contribution in [2.24, 2.45) is 0 Å². The van der Waals surface area contributed by atoms with Crippen molar-refractivity contribution in [3.63, 3.8) is 0 Å². The molecule has 0 radical (unpaired) electrons. The van der Waals surface area contributed by atoms with Gasteiger partial charge in [0.05, 0.1) is 12.7 Å². The zero-order valence-corrected chi connectivity index (χ0v) is 14.8. The van der Waals surface area contributed by atoms with Crippen LogP contribution in [0.5, 0.6) is 0 Å². The molecule has 0 bridgehead atoms. The summed E-state index contributed by atoms with van der Waals surface area (Å²) in [6, 6.07) is 9.42. The van der Waals surface area contributed by atoms with Crippen LogP contribution >= 0.6 is 22.9 Å². The summed E-state index contributed by atoms with van der Waals surface area (Å²) in [5.41, 5.74) is 2.12. The molecule has 6 heteroatoms. The second kappa shape index (κ2) is 7.64. The van der Waals surface area contributed by atoms with Crippen LogP contribution in [0, 0.1) is 6.92 Å². The van der Waals surface area contributed by atoms with E-state index in [4.69, 9.17) is 16.0 Å². The normalized spacial score (nSPS) is 10.8. The number of carbonyl (C=O) groups excluding carboxylic acids is 1. The number of aryl methyl sites for hydroxylation is 2. The largest absolute Gasteiger partial charge is 0.441 e. The van der Waals surface area contributed by atoms with E-state index in [0.29, 0.717) is 36.1 Å². The molecule has 4 nitrogen and oxygen atoms in total. The van der Waals surface area contributed by atoms with Gasteiger partial charge in [-0.2, -0.15) is 0 Å². The predicted octanol–water partition coefficient (Wildman–Crippen LogP) is 4.61. The Morgan fingerprint density at radius 1 is 1.29 bits per heavy atom. The number of nitrogens with zero attached hydrogens (tertiary/aromatic N) is 1. The van der Waals surface area contributed by atoms with Gasteiger partial charge in [-0.05, 0) is 48.2 Å². The number of oxazole rings is 1. The Labute approximate surface area is 149 Å². The van der Waals surface area contributed by atoms with Crippen LogP contribution in [-0.4, -0.2) is 10.9 Å². The highest BCUT2D eigenvalue weighted by atomic mass is 35.5. The van der Waals surface area contributed by atoms with Gasteiger partial charge in [0.15, 0.2) is 11.7 Å². The molecule has 0 saturated carbocycles. The van der Waals surface area contributed by atoms with Gasteiger partial charge in [-0.25, -0.2) is 4.98 Å². The Morgan fingerprint density at radius 2 is 2.08 bits per heavy atom. The van der Waals surface area contributed by atoms with E-state index in [2.05, 4.69) is 16.4 Å². The van der Waals surface area contributed by atoms with E-state index in [-0.39, 0.29) is 5.91 Å². The molecule has 1 N–H and O–H groups in total. The highest BCUT2D eigenvalue weighted by Gasteiger charge is 2.09. The number of nitrogens with one attached hydrogen (secondary N) is 1. The molecule has 2 heterocycles. The molecule has 0 saturated heterocycles. The Bertz CT molecular complexity index is 824. The average Bonchev–Trinajstić information content (AvgIpc) is 3.21. The quantitative estimate of drug-likeness (QED) is 0.698. The Kier molecular flexibility index (Phi) is 5.33. The zero-order valence-electron chi connectivity index (χ0n) is 13.2. The lowest BCUT2D eigenvalue weighted by Crippen LogP contribution is -2.22. The van der Waals surface area contributed by atoms with E-state index in [0.717, 1.165) is 5.56 Å². The summed E-state index contributed by atoms with van der Waals surface area (Å²) in [4.78, 5) is 17.4. The zero-order chi connectivity index (χ0) is 16.9. The SMILES string of the molecule is Cc1ccsc1CNC(=O)CCc1ncc(-c2ccc(Cl)cc2)o1. The van der Waals surface area contributed by atoms with Crippen molar-refractivity contribution in [2.45, 2.75) is 26.3 Å². The number of carbonyl (C=O) groups is 1. The molecule has 0 atom stereocenters. The molecule has 0 fully saturated rings. The number of hydrogen-bond acceptors (Lipinski definition) is 4. The lowest BCUT2D eigenvalue weighted by atomic mass is 10.2. The number of halogens is 1. The minimum absolute atomic E-state index is 0.00552. The van der Waals surface area contributed by atoms with Crippen LogP contribution in [0.25, 0.3) is 11.3 Å². The van der Waals surface area contributed by atoms with Gasteiger partial charge in [0.25, 0.3) is 0 Å². The first-order chi connectivity index (χ1) is 11.6. The third-order valence-corrected chi connectivity index (χ3v) is 4.94. The molecule has 3 rings (SSSR count). The molecular formula is C18H17ClN2O2S. The topological polar surface area (TPSA) is 55.1 Å². The van der Waals surface area contributed by atoms with Crippen LogP contribution in [0.4, 0.5) is 0 Å². The minimum Gasteiger partial charge on any atom is -0.441 e. The van der Waals surface area contributed by atoms with Crippen LogP contribution in [0.2, 0.25) is 5.02 Å². The number of amides is 1. The fourth-order valence-corrected chi connectivity index (χ4v) is 3.22. The van der Waals surface area contributed by atoms with Gasteiger partial charge in [0.1, 0.15) is 0 Å². The maximum Gasteiger partial charge on any atom is 0.220 e. The second-order valence-corrected chi connectivity index (χ2v) is 6.87. The van der Waals surface area contributed by atoms with Crippen LogP contribution in [0.15, 0.2) is 46.3 Å². The number of rotatable bonds is 6. The molecule has 0 aliphatic carbocycles. The molecular weight excluding hydrogens is 344 g/mol. The molecule has 0 aliphatic rings. The van der Waals surface area contributed by atoms with Gasteiger partial charge in [-0.15, -0.1) is 11.3 Å². The summed E-state index contributed by atoms with van der Waals surface area (Å²) < 4.78 is 5.70. The predicted molar refractivity (Wildman–Crippen MR) is 96.2 cm³/mol. The minimum atomic E-state index is -0.00552. The van der Waals surface area contributed by atoms with Crippen molar-refractivity contribution in [1.29, 1.82) is 0 Å². The smallest absolute Gasteiger partial charge is 0.220 e. The van der Waals surface area contributed by atoms with Gasteiger partial charge >= 0.3 is 0 Å². The molecule has 1 aromatic carbocycles. The van der Waals surface area contributed by atoms with Gasteiger partial charge < -0.3 is 9.73 Å². The molecule has 24 heavy (non-hydrogen) atoms. The summed E-state index contributed by atoms with van der Waals surface area (Å²) in [5, 5.41) is 5.63. The lowest BCUT2D eigenvalue weighted by molar-refractivity contribution is -0.121. The van der Waals surface area contributed by atoms with Crippen LogP contribution in [0.1, 0.15) is 22.8 Å². The van der Waals surface area contributed by atoms with Crippen LogP contribution in [0.3, 0.4) is 0 Å². The maximum absolute atomic E-state index is 11.9. The number of benzene rings is 1.